The van der Waals surface area contributed by atoms with Crippen LogP contribution in [0.15, 0.2) is 18.2 Å². The Balaban J connectivity index is 1.68. The van der Waals surface area contributed by atoms with E-state index in [9.17, 15) is 0 Å². The van der Waals surface area contributed by atoms with Gasteiger partial charge in [0.25, 0.3) is 0 Å². The zero-order chi connectivity index (χ0) is 13.2. The van der Waals surface area contributed by atoms with E-state index in [1.807, 2.05) is 30.1 Å². The Morgan fingerprint density at radius 1 is 1.37 bits per heavy atom. The predicted molar refractivity (Wildman–Crippen MR) is 70.3 cm³/mol. The predicted octanol–water partition coefficient (Wildman–Crippen LogP) is 0.794. The van der Waals surface area contributed by atoms with Crippen LogP contribution in [0, 0.1) is 0 Å². The number of fused-ring (bicyclic) bond motifs is 1. The molecule has 0 atom stereocenters. The van der Waals surface area contributed by atoms with E-state index < -0.39 is 0 Å². The zero-order valence-corrected chi connectivity index (χ0v) is 10.6. The van der Waals surface area contributed by atoms with E-state index in [4.69, 9.17) is 15.2 Å². The number of H-pyrrole nitrogens is 1. The van der Waals surface area contributed by atoms with Gasteiger partial charge >= 0.3 is 0 Å². The summed E-state index contributed by atoms with van der Waals surface area (Å²) >= 11 is 0. The van der Waals surface area contributed by atoms with Crippen LogP contribution in [0.4, 0.5) is 11.9 Å². The fourth-order valence-corrected chi connectivity index (χ4v) is 2.02. The largest absolute Gasteiger partial charge is 0.454 e. The smallest absolute Gasteiger partial charge is 0.231 e. The number of nitrogens with two attached hydrogens (primary N) is 1. The number of rotatable bonds is 4. The summed E-state index contributed by atoms with van der Waals surface area (Å²) in [6.07, 6.45) is 0.823. The number of hydrogen-bond acceptors (Lipinski definition) is 6. The van der Waals surface area contributed by atoms with Crippen molar-refractivity contribution in [2.75, 3.05) is 31.0 Å². The number of nitrogens with zero attached hydrogens (tertiary/aromatic N) is 3. The Hall–Kier alpha value is -2.44. The van der Waals surface area contributed by atoms with Crippen molar-refractivity contribution in [1.29, 1.82) is 0 Å². The van der Waals surface area contributed by atoms with E-state index >= 15 is 0 Å². The Morgan fingerprint density at radius 2 is 2.26 bits per heavy atom. The van der Waals surface area contributed by atoms with Gasteiger partial charge < -0.3 is 20.1 Å². The maximum absolute atomic E-state index is 5.51. The van der Waals surface area contributed by atoms with Gasteiger partial charge in [0, 0.05) is 13.6 Å². The summed E-state index contributed by atoms with van der Waals surface area (Å²) in [5, 5.41) is 7.68. The molecule has 1 aromatic heterocycles. The molecule has 0 amide bonds. The van der Waals surface area contributed by atoms with Crippen LogP contribution in [0.25, 0.3) is 0 Å². The summed E-state index contributed by atoms with van der Waals surface area (Å²) in [6, 6.07) is 5.91. The number of anilines is 2. The fraction of sp³-hybridized carbons (Fsp3) is 0.333. The standard InChI is InChI=1S/C12H15N5O2/c1-17(12-14-11(13)15-16-12)6-5-8-3-2-4-9-10(8)19-7-18-9/h2-4H,5-7H2,1H3,(H3,13,14,15,16). The molecule has 3 rings (SSSR count). The average Bonchev–Trinajstić information content (AvgIpc) is 3.04. The molecule has 0 unspecified atom stereocenters. The normalized spacial score (nSPS) is 12.7. The van der Waals surface area contributed by atoms with Gasteiger partial charge in [-0.1, -0.05) is 12.1 Å². The highest BCUT2D eigenvalue weighted by molar-refractivity contribution is 5.48. The third kappa shape index (κ3) is 2.26. The van der Waals surface area contributed by atoms with Gasteiger partial charge in [-0.25, -0.2) is 0 Å². The van der Waals surface area contributed by atoms with Gasteiger partial charge in [-0.3, -0.25) is 4.98 Å². The number of nitrogens with one attached hydrogen (secondary N) is 1. The van der Waals surface area contributed by atoms with Crippen molar-refractivity contribution in [2.24, 2.45) is 0 Å². The van der Waals surface area contributed by atoms with Gasteiger partial charge in [-0.2, -0.15) is 0 Å². The molecule has 19 heavy (non-hydrogen) atoms. The molecule has 0 bridgehead atoms. The van der Waals surface area contributed by atoms with Crippen molar-refractivity contribution in [1.82, 2.24) is 15.2 Å². The first-order valence-electron chi connectivity index (χ1n) is 6.01. The van der Waals surface area contributed by atoms with Crippen molar-refractivity contribution < 1.29 is 9.47 Å². The first kappa shape index (κ1) is 11.6. The molecule has 100 valence electrons. The summed E-state index contributed by atoms with van der Waals surface area (Å²) in [6.45, 7) is 1.06. The second-order valence-corrected chi connectivity index (χ2v) is 4.36. The number of aromatic nitrogens is 3. The van der Waals surface area contributed by atoms with Crippen LogP contribution in [-0.4, -0.2) is 35.6 Å². The summed E-state index contributed by atoms with van der Waals surface area (Å²) in [4.78, 5) is 4.85. The minimum absolute atomic E-state index is 0.292. The first-order valence-corrected chi connectivity index (χ1v) is 6.01. The maximum atomic E-state index is 5.51. The molecule has 0 saturated heterocycles. The number of nitrogen functional groups attached to an aromatic ring is 1. The molecule has 1 aromatic carbocycles. The Bertz CT molecular complexity index is 583. The van der Waals surface area contributed by atoms with Crippen LogP contribution in [-0.2, 0) is 6.42 Å². The molecule has 0 saturated carbocycles. The number of likely N-dealkylation sites (N-methyl/N-ethyl adjacent to an activating group) is 1. The van der Waals surface area contributed by atoms with Crippen LogP contribution in [0.1, 0.15) is 5.56 Å². The number of aromatic amines is 1. The van der Waals surface area contributed by atoms with E-state index in [0.717, 1.165) is 30.0 Å². The summed E-state index contributed by atoms with van der Waals surface area (Å²) in [5.41, 5.74) is 6.62. The highest BCUT2D eigenvalue weighted by Gasteiger charge is 2.17. The molecule has 2 aromatic rings. The maximum Gasteiger partial charge on any atom is 0.231 e. The van der Waals surface area contributed by atoms with Gasteiger partial charge in [-0.05, 0) is 18.1 Å². The first-order chi connectivity index (χ1) is 9.24. The Kier molecular flexibility index (Phi) is 2.86. The Morgan fingerprint density at radius 3 is 3.05 bits per heavy atom. The molecule has 0 spiro atoms. The molecule has 1 aliphatic heterocycles. The molecule has 7 nitrogen and oxygen atoms in total. The van der Waals surface area contributed by atoms with E-state index in [2.05, 4.69) is 15.2 Å². The topological polar surface area (TPSA) is 89.3 Å². The van der Waals surface area contributed by atoms with Gasteiger partial charge in [0.15, 0.2) is 11.5 Å². The monoisotopic (exact) mass is 261 g/mol. The number of hydrogen-bond donors (Lipinski definition) is 2. The lowest BCUT2D eigenvalue weighted by Gasteiger charge is -2.15. The lowest BCUT2D eigenvalue weighted by Crippen LogP contribution is -2.21. The number of ether oxygens (including phenoxy) is 2. The zero-order valence-electron chi connectivity index (χ0n) is 10.6. The van der Waals surface area contributed by atoms with Gasteiger partial charge in [-0.15, -0.1) is 10.2 Å². The third-order valence-corrected chi connectivity index (χ3v) is 3.05. The van der Waals surface area contributed by atoms with Crippen LogP contribution < -0.4 is 20.1 Å². The highest BCUT2D eigenvalue weighted by Crippen LogP contribution is 2.35. The molecule has 3 N–H and O–H groups in total. The lowest BCUT2D eigenvalue weighted by molar-refractivity contribution is 0.173. The average molecular weight is 261 g/mol. The Labute approximate surface area is 110 Å². The number of benzene rings is 1. The van der Waals surface area contributed by atoms with Crippen molar-refractivity contribution in [2.45, 2.75) is 6.42 Å². The van der Waals surface area contributed by atoms with E-state index in [1.54, 1.807) is 0 Å². The summed E-state index contributed by atoms with van der Waals surface area (Å²) in [5.74, 6) is 2.62. The van der Waals surface area contributed by atoms with E-state index in [-0.39, 0.29) is 0 Å². The number of para-hydroxylation sites is 1. The van der Waals surface area contributed by atoms with Gasteiger partial charge in [0.2, 0.25) is 18.7 Å². The lowest BCUT2D eigenvalue weighted by atomic mass is 10.1. The van der Waals surface area contributed by atoms with Crippen molar-refractivity contribution in [3.8, 4) is 11.5 Å². The molecule has 2 heterocycles. The third-order valence-electron chi connectivity index (χ3n) is 3.05. The van der Waals surface area contributed by atoms with E-state index in [1.165, 1.54) is 0 Å². The van der Waals surface area contributed by atoms with Crippen LogP contribution in [0.5, 0.6) is 11.5 Å². The SMILES string of the molecule is CN(CCc1cccc2c1OCO2)c1nnc(N)[nH]1. The highest BCUT2D eigenvalue weighted by atomic mass is 16.7. The van der Waals surface area contributed by atoms with Gasteiger partial charge in [0.1, 0.15) is 0 Å². The fourth-order valence-electron chi connectivity index (χ4n) is 2.02. The van der Waals surface area contributed by atoms with Crippen molar-refractivity contribution in [3.63, 3.8) is 0 Å². The molecule has 7 heteroatoms. The molecule has 0 aliphatic carbocycles. The van der Waals surface area contributed by atoms with Crippen LogP contribution in [0.3, 0.4) is 0 Å². The van der Waals surface area contributed by atoms with Crippen LogP contribution in [0.2, 0.25) is 0 Å². The summed E-state index contributed by atoms with van der Waals surface area (Å²) < 4.78 is 10.8. The second kappa shape index (κ2) is 4.68. The minimum atomic E-state index is 0.292. The minimum Gasteiger partial charge on any atom is -0.454 e. The molecular formula is C12H15N5O2. The molecule has 1 aliphatic rings. The van der Waals surface area contributed by atoms with Gasteiger partial charge in [0.05, 0.1) is 0 Å². The molecule has 0 fully saturated rings. The molecular weight excluding hydrogens is 246 g/mol. The summed E-state index contributed by atoms with van der Waals surface area (Å²) in [7, 11) is 1.93. The quantitative estimate of drug-likeness (QED) is 0.846. The van der Waals surface area contributed by atoms with Crippen LogP contribution >= 0.6 is 0 Å². The van der Waals surface area contributed by atoms with E-state index in [0.29, 0.717) is 18.7 Å². The van der Waals surface area contributed by atoms with Crippen molar-refractivity contribution in [3.05, 3.63) is 23.8 Å². The van der Waals surface area contributed by atoms with Crippen molar-refractivity contribution >= 4 is 11.9 Å². The molecule has 0 radical (unpaired) electrons. The second-order valence-electron chi connectivity index (χ2n) is 4.36.